The lowest BCUT2D eigenvalue weighted by atomic mass is 9.56. The van der Waals surface area contributed by atoms with Crippen LogP contribution in [0.5, 0.6) is 0 Å². The third-order valence-corrected chi connectivity index (χ3v) is 7.85. The van der Waals surface area contributed by atoms with Gasteiger partial charge in [-0.1, -0.05) is 29.0 Å². The number of ether oxygens (including phenoxy) is 2. The van der Waals surface area contributed by atoms with Crippen molar-refractivity contribution in [2.75, 3.05) is 0 Å². The Morgan fingerprint density at radius 3 is 2.67 bits per heavy atom. The zero-order valence-corrected chi connectivity index (χ0v) is 14.8. The van der Waals surface area contributed by atoms with Gasteiger partial charge in [0.05, 0.1) is 8.84 Å². The van der Waals surface area contributed by atoms with Crippen molar-refractivity contribution in [1.29, 1.82) is 0 Å². The van der Waals surface area contributed by atoms with Gasteiger partial charge < -0.3 is 9.47 Å². The lowest BCUT2D eigenvalue weighted by molar-refractivity contribution is -0.557. The Bertz CT molecular complexity index is 508. The molecular weight excluding hydrogens is 387 g/mol. The minimum atomic E-state index is -0.822. The van der Waals surface area contributed by atoms with Crippen molar-refractivity contribution in [3.05, 3.63) is 0 Å². The Morgan fingerprint density at radius 1 is 1.14 bits per heavy atom. The molecule has 0 radical (unpaired) electrons. The van der Waals surface area contributed by atoms with Crippen LogP contribution in [0.1, 0.15) is 52.9 Å². The second-order valence-corrected chi connectivity index (χ2v) is 9.65. The monoisotopic (exact) mass is 408 g/mol. The fraction of sp³-hybridized carbons (Fsp3) is 0.933. The Kier molecular flexibility index (Phi) is 2.88. The van der Waals surface area contributed by atoms with Crippen molar-refractivity contribution in [2.45, 2.75) is 74.0 Å². The molecule has 6 heteroatoms. The maximum atomic E-state index is 12.5. The SMILES string of the molecule is CC1(C)C(=O)O[C@H]2O[C@@]3(C)CC[C@@]4(I)CCC[C@@H]1[C@@]24OO3. The highest BCUT2D eigenvalue weighted by atomic mass is 127. The van der Waals surface area contributed by atoms with Gasteiger partial charge in [-0.2, -0.15) is 0 Å². The smallest absolute Gasteiger partial charge is 0.314 e. The number of hydrogen-bond donors (Lipinski definition) is 0. The van der Waals surface area contributed by atoms with Gasteiger partial charge in [-0.3, -0.25) is 4.79 Å². The summed E-state index contributed by atoms with van der Waals surface area (Å²) in [5, 5.41) is 0. The van der Waals surface area contributed by atoms with Crippen LogP contribution >= 0.6 is 22.6 Å². The maximum Gasteiger partial charge on any atom is 0.314 e. The van der Waals surface area contributed by atoms with Crippen LogP contribution in [-0.4, -0.2) is 27.1 Å². The van der Waals surface area contributed by atoms with E-state index in [0.717, 1.165) is 32.1 Å². The zero-order valence-electron chi connectivity index (χ0n) is 12.6. The molecule has 1 saturated carbocycles. The maximum absolute atomic E-state index is 12.5. The topological polar surface area (TPSA) is 54.0 Å². The summed E-state index contributed by atoms with van der Waals surface area (Å²) in [5.41, 5.74) is -1.28. The molecule has 5 aliphatic rings. The van der Waals surface area contributed by atoms with E-state index in [1.54, 1.807) is 0 Å². The summed E-state index contributed by atoms with van der Waals surface area (Å²) in [7, 11) is 0. The summed E-state index contributed by atoms with van der Waals surface area (Å²) in [6, 6.07) is 0. The molecule has 21 heavy (non-hydrogen) atoms. The quantitative estimate of drug-likeness (QED) is 0.267. The minimum Gasteiger partial charge on any atom is -0.432 e. The van der Waals surface area contributed by atoms with Gasteiger partial charge >= 0.3 is 5.97 Å². The van der Waals surface area contributed by atoms with Crippen molar-refractivity contribution < 1.29 is 24.0 Å². The predicted octanol–water partition coefficient (Wildman–Crippen LogP) is 3.10. The number of carbonyl (C=O) groups excluding carboxylic acids is 1. The molecule has 0 N–H and O–H groups in total. The van der Waals surface area contributed by atoms with Crippen molar-refractivity contribution >= 4 is 28.6 Å². The van der Waals surface area contributed by atoms with Crippen molar-refractivity contribution in [2.24, 2.45) is 11.3 Å². The third kappa shape index (κ3) is 1.65. The second-order valence-electron chi connectivity index (χ2n) is 7.58. The molecule has 1 spiro atoms. The number of hydrogen-bond acceptors (Lipinski definition) is 5. The van der Waals surface area contributed by atoms with Gasteiger partial charge in [0, 0.05) is 12.3 Å². The average molecular weight is 408 g/mol. The van der Waals surface area contributed by atoms with Gasteiger partial charge in [-0.05, 0) is 40.0 Å². The summed E-state index contributed by atoms with van der Waals surface area (Å²) in [6.45, 7) is 5.77. The Morgan fingerprint density at radius 2 is 1.90 bits per heavy atom. The van der Waals surface area contributed by atoms with Crippen LogP contribution in [-0.2, 0) is 24.0 Å². The van der Waals surface area contributed by atoms with Gasteiger partial charge in [0.15, 0.2) is 5.60 Å². The molecule has 4 saturated heterocycles. The average Bonchev–Trinajstić information content (AvgIpc) is 2.58. The lowest BCUT2D eigenvalue weighted by Gasteiger charge is -2.61. The van der Waals surface area contributed by atoms with E-state index < -0.39 is 23.1 Å². The lowest BCUT2D eigenvalue weighted by Crippen LogP contribution is -2.75. The number of carbonyl (C=O) groups is 1. The van der Waals surface area contributed by atoms with Crippen LogP contribution in [0.3, 0.4) is 0 Å². The molecule has 5 nitrogen and oxygen atoms in total. The molecular formula is C15H21IO5. The third-order valence-electron chi connectivity index (χ3n) is 5.93. The van der Waals surface area contributed by atoms with Crippen LogP contribution in [0.4, 0.5) is 0 Å². The number of rotatable bonds is 0. The first-order chi connectivity index (χ1) is 9.74. The van der Waals surface area contributed by atoms with E-state index in [-0.39, 0.29) is 15.3 Å². The zero-order chi connectivity index (χ0) is 15.1. The second kappa shape index (κ2) is 4.13. The van der Waals surface area contributed by atoms with E-state index in [2.05, 4.69) is 22.6 Å². The Labute approximate surface area is 138 Å². The fourth-order valence-corrected chi connectivity index (χ4v) is 5.96. The van der Waals surface area contributed by atoms with E-state index in [4.69, 9.17) is 19.2 Å². The first kappa shape index (κ1) is 14.7. The molecule has 0 aromatic rings. The van der Waals surface area contributed by atoms with Crippen LogP contribution in [0.25, 0.3) is 0 Å². The van der Waals surface area contributed by atoms with Crippen LogP contribution in [0.2, 0.25) is 0 Å². The summed E-state index contributed by atoms with van der Waals surface area (Å²) < 4.78 is 11.6. The van der Waals surface area contributed by atoms with Gasteiger partial charge in [0.1, 0.15) is 0 Å². The molecule has 1 aliphatic carbocycles. The standard InChI is InChI=1S/C15H21IO5/c1-12(2)9-5-4-6-14(16)8-7-13(3)19-11(18-10(12)17)15(9,14)21-20-13/h9,11H,4-8H2,1-3H3/t9-,11-,13+,14-,15+/m0/s1. The number of esters is 1. The molecule has 5 fully saturated rings. The van der Waals surface area contributed by atoms with Crippen molar-refractivity contribution in [3.63, 3.8) is 0 Å². The summed E-state index contributed by atoms with van der Waals surface area (Å²) in [5.74, 6) is -0.967. The first-order valence-corrected chi connectivity index (χ1v) is 8.76. The van der Waals surface area contributed by atoms with Gasteiger partial charge in [0.25, 0.3) is 0 Å². The molecule has 5 atom stereocenters. The predicted molar refractivity (Wildman–Crippen MR) is 81.4 cm³/mol. The molecule has 4 heterocycles. The highest BCUT2D eigenvalue weighted by Gasteiger charge is 2.76. The number of alkyl halides is 1. The molecule has 0 aromatic carbocycles. The molecule has 5 rings (SSSR count). The number of halogens is 1. The van der Waals surface area contributed by atoms with E-state index in [1.165, 1.54) is 0 Å². The van der Waals surface area contributed by atoms with Gasteiger partial charge in [-0.25, -0.2) is 9.78 Å². The van der Waals surface area contributed by atoms with Gasteiger partial charge in [0.2, 0.25) is 12.1 Å². The first-order valence-electron chi connectivity index (χ1n) is 7.68. The van der Waals surface area contributed by atoms with Crippen molar-refractivity contribution in [3.8, 4) is 0 Å². The summed E-state index contributed by atoms with van der Waals surface area (Å²) >= 11 is 2.51. The Hall–Kier alpha value is 0.0800. The Balaban J connectivity index is 1.91. The molecule has 0 aromatic heterocycles. The largest absolute Gasteiger partial charge is 0.432 e. The van der Waals surface area contributed by atoms with E-state index >= 15 is 0 Å². The summed E-state index contributed by atoms with van der Waals surface area (Å²) in [4.78, 5) is 24.2. The van der Waals surface area contributed by atoms with E-state index in [9.17, 15) is 4.79 Å². The van der Waals surface area contributed by atoms with Gasteiger partial charge in [-0.15, -0.1) is 0 Å². The number of fused-ring (bicyclic) bond motifs is 2. The van der Waals surface area contributed by atoms with Crippen LogP contribution < -0.4 is 0 Å². The molecule has 0 amide bonds. The summed E-state index contributed by atoms with van der Waals surface area (Å²) in [6.07, 6.45) is 4.10. The van der Waals surface area contributed by atoms with Crippen LogP contribution in [0.15, 0.2) is 0 Å². The highest BCUT2D eigenvalue weighted by molar-refractivity contribution is 14.1. The fourth-order valence-electron chi connectivity index (χ4n) is 4.59. The normalized spacial score (nSPS) is 54.6. The van der Waals surface area contributed by atoms with E-state index in [1.807, 2.05) is 20.8 Å². The molecule has 0 unspecified atom stereocenters. The highest BCUT2D eigenvalue weighted by Crippen LogP contribution is 2.65. The molecule has 4 aliphatic heterocycles. The molecule has 2 bridgehead atoms. The van der Waals surface area contributed by atoms with Crippen LogP contribution in [0, 0.1) is 11.3 Å². The molecule has 118 valence electrons. The minimum absolute atomic E-state index is 0.0459. The van der Waals surface area contributed by atoms with Crippen molar-refractivity contribution in [1.82, 2.24) is 0 Å². The van der Waals surface area contributed by atoms with E-state index in [0.29, 0.717) is 0 Å².